The van der Waals surface area contributed by atoms with Gasteiger partial charge >= 0.3 is 0 Å². The number of fused-ring (bicyclic) bond motifs is 2. The van der Waals surface area contributed by atoms with Crippen LogP contribution in [0.4, 0.5) is 0 Å². The van der Waals surface area contributed by atoms with Crippen molar-refractivity contribution in [2.24, 2.45) is 0 Å². The highest BCUT2D eigenvalue weighted by Gasteiger charge is 2.48. The van der Waals surface area contributed by atoms with Crippen molar-refractivity contribution in [3.05, 3.63) is 41.0 Å². The van der Waals surface area contributed by atoms with Crippen molar-refractivity contribution in [3.63, 3.8) is 0 Å². The molecule has 0 spiro atoms. The van der Waals surface area contributed by atoms with E-state index in [-0.39, 0.29) is 18.2 Å². The second-order valence-electron chi connectivity index (χ2n) is 6.17. The van der Waals surface area contributed by atoms with Crippen LogP contribution in [0, 0.1) is 0 Å². The Labute approximate surface area is 150 Å². The van der Waals surface area contributed by atoms with Gasteiger partial charge in [-0.3, -0.25) is 4.98 Å². The number of sulfonamides is 1. The highest BCUT2D eigenvalue weighted by Crippen LogP contribution is 2.42. The van der Waals surface area contributed by atoms with E-state index in [1.807, 2.05) is 12.1 Å². The van der Waals surface area contributed by atoms with Crippen molar-refractivity contribution in [3.8, 4) is 5.75 Å². The number of thiophene rings is 1. The van der Waals surface area contributed by atoms with Crippen molar-refractivity contribution in [1.29, 1.82) is 0 Å². The minimum absolute atomic E-state index is 0.00135. The van der Waals surface area contributed by atoms with Crippen LogP contribution in [0.5, 0.6) is 5.75 Å². The maximum atomic E-state index is 13.0. The molecule has 2 saturated heterocycles. The number of hydrogen-bond acceptors (Lipinski definition) is 5. The summed E-state index contributed by atoms with van der Waals surface area (Å²) in [4.78, 5) is 3.98. The third-order valence-corrected chi connectivity index (χ3v) is 8.36. The molecular formula is C16H17ClN2O3S2. The lowest BCUT2D eigenvalue weighted by Crippen LogP contribution is -2.48. The molecule has 2 aliphatic rings. The minimum Gasteiger partial charge on any atom is -0.490 e. The van der Waals surface area contributed by atoms with Crippen LogP contribution in [-0.4, -0.2) is 35.9 Å². The van der Waals surface area contributed by atoms with E-state index in [0.29, 0.717) is 8.55 Å². The fourth-order valence-electron chi connectivity index (χ4n) is 3.72. The molecule has 2 unspecified atom stereocenters. The van der Waals surface area contributed by atoms with Crippen LogP contribution in [0.2, 0.25) is 4.34 Å². The van der Waals surface area contributed by atoms with Crippen LogP contribution in [0.25, 0.3) is 0 Å². The van der Waals surface area contributed by atoms with Crippen LogP contribution in [0.15, 0.2) is 40.9 Å². The average Bonchev–Trinajstić information content (AvgIpc) is 3.11. The average molecular weight is 385 g/mol. The SMILES string of the molecule is O=S(=O)(c1ccc(Cl)s1)N1C2CCC1CC(Oc1ccncc1)C2. The van der Waals surface area contributed by atoms with Crippen molar-refractivity contribution in [2.45, 2.75) is 48.1 Å². The molecule has 2 bridgehead atoms. The van der Waals surface area contributed by atoms with E-state index in [2.05, 4.69) is 4.98 Å². The molecule has 0 aromatic carbocycles. The van der Waals surface area contributed by atoms with Crippen molar-refractivity contribution >= 4 is 33.0 Å². The Morgan fingerprint density at radius 3 is 2.38 bits per heavy atom. The Morgan fingerprint density at radius 1 is 1.12 bits per heavy atom. The summed E-state index contributed by atoms with van der Waals surface area (Å²) < 4.78 is 34.5. The van der Waals surface area contributed by atoms with Crippen LogP contribution in [-0.2, 0) is 10.0 Å². The lowest BCUT2D eigenvalue weighted by Gasteiger charge is -2.37. The van der Waals surface area contributed by atoms with Gasteiger partial charge in [-0.05, 0) is 37.1 Å². The number of piperidine rings is 1. The van der Waals surface area contributed by atoms with Gasteiger partial charge in [0, 0.05) is 37.3 Å². The molecular weight excluding hydrogens is 368 g/mol. The third-order valence-electron chi connectivity index (χ3n) is 4.66. The van der Waals surface area contributed by atoms with Gasteiger partial charge in [-0.1, -0.05) is 11.6 Å². The van der Waals surface area contributed by atoms with E-state index < -0.39 is 10.0 Å². The second-order valence-corrected chi connectivity index (χ2v) is 9.96. The maximum Gasteiger partial charge on any atom is 0.253 e. The Morgan fingerprint density at radius 2 is 1.79 bits per heavy atom. The highest BCUT2D eigenvalue weighted by atomic mass is 35.5. The van der Waals surface area contributed by atoms with Crippen LogP contribution in [0.3, 0.4) is 0 Å². The van der Waals surface area contributed by atoms with Gasteiger partial charge in [0.15, 0.2) is 0 Å². The molecule has 2 aromatic rings. The fourth-order valence-corrected chi connectivity index (χ4v) is 7.20. The van der Waals surface area contributed by atoms with Crippen LogP contribution < -0.4 is 4.74 Å². The molecule has 5 nitrogen and oxygen atoms in total. The van der Waals surface area contributed by atoms with Gasteiger partial charge in [0.1, 0.15) is 16.1 Å². The highest BCUT2D eigenvalue weighted by molar-refractivity contribution is 7.91. The van der Waals surface area contributed by atoms with Crippen LogP contribution >= 0.6 is 22.9 Å². The van der Waals surface area contributed by atoms with Crippen molar-refractivity contribution in [2.75, 3.05) is 0 Å². The molecule has 128 valence electrons. The molecule has 0 amide bonds. The standard InChI is InChI=1S/C16H17ClN2O3S2/c17-15-3-4-16(23-15)24(20,21)19-11-1-2-12(19)10-14(9-11)22-13-5-7-18-8-6-13/h3-8,11-12,14H,1-2,9-10H2. The van der Waals surface area contributed by atoms with Crippen molar-refractivity contribution in [1.82, 2.24) is 9.29 Å². The molecule has 8 heteroatoms. The van der Waals surface area contributed by atoms with E-state index in [4.69, 9.17) is 16.3 Å². The summed E-state index contributed by atoms with van der Waals surface area (Å²) in [5.74, 6) is 0.788. The van der Waals surface area contributed by atoms with Gasteiger partial charge in [-0.25, -0.2) is 8.42 Å². The smallest absolute Gasteiger partial charge is 0.253 e. The summed E-state index contributed by atoms with van der Waals surface area (Å²) in [5, 5.41) is 0. The Kier molecular flexibility index (Phi) is 4.28. The quantitative estimate of drug-likeness (QED) is 0.808. The summed E-state index contributed by atoms with van der Waals surface area (Å²) >= 11 is 7.04. The fraction of sp³-hybridized carbons (Fsp3) is 0.438. The zero-order chi connectivity index (χ0) is 16.7. The lowest BCUT2D eigenvalue weighted by molar-refractivity contribution is 0.0957. The molecule has 4 rings (SSSR count). The van der Waals surface area contributed by atoms with Gasteiger partial charge in [0.25, 0.3) is 10.0 Å². The molecule has 2 atom stereocenters. The van der Waals surface area contributed by atoms with E-state index in [1.165, 1.54) is 0 Å². The normalized spacial score (nSPS) is 27.3. The summed E-state index contributed by atoms with van der Waals surface area (Å²) in [6.07, 6.45) is 6.66. The van der Waals surface area contributed by atoms with E-state index >= 15 is 0 Å². The van der Waals surface area contributed by atoms with Gasteiger partial charge in [0.05, 0.1) is 4.34 Å². The summed E-state index contributed by atoms with van der Waals surface area (Å²) in [7, 11) is -3.47. The number of aromatic nitrogens is 1. The molecule has 0 saturated carbocycles. The Balaban J connectivity index is 1.53. The Hall–Kier alpha value is -1.15. The first-order valence-corrected chi connectivity index (χ1v) is 10.5. The van der Waals surface area contributed by atoms with Gasteiger partial charge in [0.2, 0.25) is 0 Å². The second kappa shape index (κ2) is 6.29. The summed E-state index contributed by atoms with van der Waals surface area (Å²) in [5.41, 5.74) is 0. The number of halogens is 1. The topological polar surface area (TPSA) is 59.5 Å². The first-order valence-electron chi connectivity index (χ1n) is 7.89. The zero-order valence-corrected chi connectivity index (χ0v) is 15.2. The molecule has 0 radical (unpaired) electrons. The van der Waals surface area contributed by atoms with Crippen LogP contribution in [0.1, 0.15) is 25.7 Å². The number of ether oxygens (including phenoxy) is 1. The molecule has 2 aliphatic heterocycles. The summed E-state index contributed by atoms with van der Waals surface area (Å²) in [6.45, 7) is 0. The number of rotatable bonds is 4. The molecule has 2 fully saturated rings. The maximum absolute atomic E-state index is 13.0. The molecule has 4 heterocycles. The monoisotopic (exact) mass is 384 g/mol. The van der Waals surface area contributed by atoms with E-state index in [1.54, 1.807) is 28.8 Å². The zero-order valence-electron chi connectivity index (χ0n) is 12.8. The predicted octanol–water partition coefficient (Wildman–Crippen LogP) is 3.56. The molecule has 2 aromatic heterocycles. The largest absolute Gasteiger partial charge is 0.490 e. The molecule has 24 heavy (non-hydrogen) atoms. The van der Waals surface area contributed by atoms with Gasteiger partial charge in [-0.2, -0.15) is 4.31 Å². The molecule has 0 aliphatic carbocycles. The van der Waals surface area contributed by atoms with Gasteiger partial charge in [-0.15, -0.1) is 11.3 Å². The van der Waals surface area contributed by atoms with E-state index in [0.717, 1.165) is 42.8 Å². The first kappa shape index (κ1) is 16.3. The number of nitrogens with zero attached hydrogens (tertiary/aromatic N) is 2. The lowest BCUT2D eigenvalue weighted by atomic mass is 10.0. The summed E-state index contributed by atoms with van der Waals surface area (Å²) in [6, 6.07) is 6.90. The Bertz CT molecular complexity index is 811. The van der Waals surface area contributed by atoms with Gasteiger partial charge < -0.3 is 4.74 Å². The first-order chi connectivity index (χ1) is 11.5. The number of hydrogen-bond donors (Lipinski definition) is 0. The molecule has 0 N–H and O–H groups in total. The van der Waals surface area contributed by atoms with Crippen molar-refractivity contribution < 1.29 is 13.2 Å². The predicted molar refractivity (Wildman–Crippen MR) is 93.1 cm³/mol. The third kappa shape index (κ3) is 2.94. The number of pyridine rings is 1. The minimum atomic E-state index is -3.47. The van der Waals surface area contributed by atoms with E-state index in [9.17, 15) is 8.42 Å².